The van der Waals surface area contributed by atoms with Crippen LogP contribution in [0.25, 0.3) is 0 Å². The molecule has 1 aliphatic rings. The monoisotopic (exact) mass is 463 g/mol. The summed E-state index contributed by atoms with van der Waals surface area (Å²) in [5, 5.41) is 4.71. The highest BCUT2D eigenvalue weighted by Gasteiger charge is 2.29. The SMILES string of the molecule is CCCCCCCc1c(C)nc2n(c1=O)N=C(C(C)C)C2=Nc1ccc(N(CC)CC)cc1C. The van der Waals surface area contributed by atoms with Crippen molar-refractivity contribution in [3.63, 3.8) is 0 Å². The lowest BCUT2D eigenvalue weighted by Gasteiger charge is -2.21. The molecule has 0 saturated heterocycles. The molecule has 0 spiro atoms. The van der Waals surface area contributed by atoms with Gasteiger partial charge >= 0.3 is 0 Å². The molecule has 0 saturated carbocycles. The summed E-state index contributed by atoms with van der Waals surface area (Å²) >= 11 is 0. The van der Waals surface area contributed by atoms with Crippen molar-refractivity contribution in [2.24, 2.45) is 16.0 Å². The Labute approximate surface area is 204 Å². The van der Waals surface area contributed by atoms with Crippen LogP contribution in [-0.2, 0) is 6.42 Å². The molecule has 1 aromatic heterocycles. The van der Waals surface area contributed by atoms with Crippen LogP contribution in [0.1, 0.15) is 89.4 Å². The molecule has 0 radical (unpaired) electrons. The summed E-state index contributed by atoms with van der Waals surface area (Å²) in [7, 11) is 0. The summed E-state index contributed by atoms with van der Waals surface area (Å²) in [5.41, 5.74) is 6.25. The average molecular weight is 464 g/mol. The van der Waals surface area contributed by atoms with Crippen LogP contribution >= 0.6 is 0 Å². The molecule has 184 valence electrons. The van der Waals surface area contributed by atoms with Gasteiger partial charge < -0.3 is 4.90 Å². The highest BCUT2D eigenvalue weighted by molar-refractivity contribution is 6.49. The molecule has 6 heteroatoms. The zero-order chi connectivity index (χ0) is 24.8. The molecule has 0 atom stereocenters. The fourth-order valence-electron chi connectivity index (χ4n) is 4.53. The van der Waals surface area contributed by atoms with Gasteiger partial charge in [0.05, 0.1) is 11.4 Å². The van der Waals surface area contributed by atoms with Crippen molar-refractivity contribution in [1.29, 1.82) is 0 Å². The van der Waals surface area contributed by atoms with E-state index in [0.29, 0.717) is 11.5 Å². The highest BCUT2D eigenvalue weighted by Crippen LogP contribution is 2.27. The van der Waals surface area contributed by atoms with Gasteiger partial charge in [0.1, 0.15) is 5.71 Å². The molecular formula is C28H41N5O. The first-order chi connectivity index (χ1) is 16.3. The van der Waals surface area contributed by atoms with Gasteiger partial charge in [-0.1, -0.05) is 46.5 Å². The summed E-state index contributed by atoms with van der Waals surface area (Å²) in [6.07, 6.45) is 6.59. The van der Waals surface area contributed by atoms with Gasteiger partial charge in [-0.05, 0) is 70.2 Å². The van der Waals surface area contributed by atoms with E-state index in [1.165, 1.54) is 29.6 Å². The van der Waals surface area contributed by atoms with Crippen molar-refractivity contribution in [3.8, 4) is 0 Å². The van der Waals surface area contributed by atoms with Crippen LogP contribution in [0.4, 0.5) is 11.4 Å². The Kier molecular flexibility index (Phi) is 8.81. The second-order valence-corrected chi connectivity index (χ2v) is 9.52. The first kappa shape index (κ1) is 25.9. The standard InChI is InChI=1S/C28H41N5O/c1-8-11-12-13-14-15-23-21(7)29-27-26(25(19(4)5)31-33(27)28(23)34)30-24-17-16-22(18-20(24)6)32(9-2)10-3/h16-19H,8-15H2,1-7H3. The summed E-state index contributed by atoms with van der Waals surface area (Å²) in [6, 6.07) is 6.36. The van der Waals surface area contributed by atoms with Crippen LogP contribution in [-0.4, -0.2) is 34.2 Å². The topological polar surface area (TPSA) is 62.9 Å². The van der Waals surface area contributed by atoms with Crippen molar-refractivity contribution >= 4 is 22.8 Å². The minimum atomic E-state index is -0.0463. The molecule has 6 nitrogen and oxygen atoms in total. The first-order valence-corrected chi connectivity index (χ1v) is 13.0. The maximum atomic E-state index is 13.4. The number of aromatic nitrogens is 2. The molecule has 1 aromatic carbocycles. The lowest BCUT2D eigenvalue weighted by molar-refractivity contribution is 0.624. The molecule has 0 fully saturated rings. The van der Waals surface area contributed by atoms with Gasteiger partial charge in [-0.2, -0.15) is 9.78 Å². The summed E-state index contributed by atoms with van der Waals surface area (Å²) in [5.74, 6) is 0.695. The predicted molar refractivity (Wildman–Crippen MR) is 144 cm³/mol. The van der Waals surface area contributed by atoms with Gasteiger partial charge in [0, 0.05) is 30.0 Å². The van der Waals surface area contributed by atoms with E-state index in [-0.39, 0.29) is 11.5 Å². The van der Waals surface area contributed by atoms with Gasteiger partial charge in [-0.25, -0.2) is 9.98 Å². The fraction of sp³-hybridized carbons (Fsp3) is 0.571. The van der Waals surface area contributed by atoms with E-state index in [2.05, 4.69) is 64.6 Å². The molecule has 1 aliphatic heterocycles. The van der Waals surface area contributed by atoms with E-state index in [4.69, 9.17) is 15.1 Å². The molecule has 0 N–H and O–H groups in total. The van der Waals surface area contributed by atoms with Crippen molar-refractivity contribution in [2.45, 2.75) is 87.0 Å². The van der Waals surface area contributed by atoms with E-state index in [1.54, 1.807) is 0 Å². The van der Waals surface area contributed by atoms with E-state index in [1.807, 2.05) is 6.92 Å². The molecule has 0 unspecified atom stereocenters. The Hall–Kier alpha value is -2.76. The third-order valence-electron chi connectivity index (χ3n) is 6.64. The number of anilines is 1. The van der Waals surface area contributed by atoms with E-state index in [9.17, 15) is 4.79 Å². The van der Waals surface area contributed by atoms with Gasteiger partial charge in [0.25, 0.3) is 5.56 Å². The van der Waals surface area contributed by atoms with Crippen molar-refractivity contribution in [3.05, 3.63) is 51.2 Å². The van der Waals surface area contributed by atoms with E-state index < -0.39 is 0 Å². The molecule has 2 aromatic rings. The first-order valence-electron chi connectivity index (χ1n) is 13.0. The summed E-state index contributed by atoms with van der Waals surface area (Å²) in [6.45, 7) is 16.7. The second-order valence-electron chi connectivity index (χ2n) is 9.52. The Morgan fingerprint density at radius 2 is 1.74 bits per heavy atom. The minimum absolute atomic E-state index is 0.0463. The third-order valence-corrected chi connectivity index (χ3v) is 6.64. The van der Waals surface area contributed by atoms with Crippen molar-refractivity contribution in [2.75, 3.05) is 18.0 Å². The third kappa shape index (κ3) is 5.48. The zero-order valence-electron chi connectivity index (χ0n) is 22.1. The van der Waals surface area contributed by atoms with Crippen molar-refractivity contribution < 1.29 is 0 Å². The van der Waals surface area contributed by atoms with Gasteiger partial charge in [-0.15, -0.1) is 0 Å². The number of aryl methyl sites for hydroxylation is 2. The molecule has 34 heavy (non-hydrogen) atoms. The summed E-state index contributed by atoms with van der Waals surface area (Å²) < 4.78 is 1.49. The molecule has 0 bridgehead atoms. The smallest absolute Gasteiger partial charge is 0.277 e. The highest BCUT2D eigenvalue weighted by atomic mass is 16.1. The van der Waals surface area contributed by atoms with E-state index in [0.717, 1.165) is 60.6 Å². The lowest BCUT2D eigenvalue weighted by Crippen LogP contribution is -2.26. The Morgan fingerprint density at radius 1 is 1.03 bits per heavy atom. The number of benzene rings is 1. The number of hydrogen-bond acceptors (Lipinski definition) is 5. The van der Waals surface area contributed by atoms with Crippen molar-refractivity contribution in [1.82, 2.24) is 9.66 Å². The molecule has 2 heterocycles. The number of hydrogen-bond donors (Lipinski definition) is 0. The van der Waals surface area contributed by atoms with Crippen LogP contribution in [0.2, 0.25) is 0 Å². The minimum Gasteiger partial charge on any atom is -0.372 e. The molecular weight excluding hydrogens is 422 g/mol. The number of fused-ring (bicyclic) bond motifs is 1. The second kappa shape index (κ2) is 11.6. The molecule has 0 aliphatic carbocycles. The quantitative estimate of drug-likeness (QED) is 0.372. The zero-order valence-corrected chi connectivity index (χ0v) is 22.1. The number of aliphatic imine (C=N–C) groups is 1. The maximum absolute atomic E-state index is 13.4. The Balaban J connectivity index is 1.99. The molecule has 0 amide bonds. The van der Waals surface area contributed by atoms with Crippen LogP contribution in [0.15, 0.2) is 33.1 Å². The summed E-state index contributed by atoms with van der Waals surface area (Å²) in [4.78, 5) is 25.6. The lowest BCUT2D eigenvalue weighted by atomic mass is 10.0. The maximum Gasteiger partial charge on any atom is 0.277 e. The van der Waals surface area contributed by atoms with Gasteiger partial charge in [0.15, 0.2) is 5.82 Å². The van der Waals surface area contributed by atoms with Gasteiger partial charge in [0.2, 0.25) is 0 Å². The van der Waals surface area contributed by atoms with Crippen LogP contribution < -0.4 is 10.5 Å². The number of rotatable bonds is 11. The van der Waals surface area contributed by atoms with Crippen LogP contribution in [0.3, 0.4) is 0 Å². The van der Waals surface area contributed by atoms with Crippen LogP contribution in [0.5, 0.6) is 0 Å². The number of nitrogens with zero attached hydrogens (tertiary/aromatic N) is 5. The predicted octanol–water partition coefficient (Wildman–Crippen LogP) is 6.21. The Morgan fingerprint density at radius 3 is 2.35 bits per heavy atom. The van der Waals surface area contributed by atoms with Gasteiger partial charge in [-0.3, -0.25) is 4.79 Å². The fourth-order valence-corrected chi connectivity index (χ4v) is 4.53. The molecule has 3 rings (SSSR count). The Bertz CT molecular complexity index is 1120. The largest absolute Gasteiger partial charge is 0.372 e. The number of unbranched alkanes of at least 4 members (excludes halogenated alkanes) is 4. The normalized spacial score (nSPS) is 14.1. The van der Waals surface area contributed by atoms with E-state index >= 15 is 0 Å². The average Bonchev–Trinajstić information content (AvgIpc) is 3.16. The van der Waals surface area contributed by atoms with Crippen LogP contribution in [0, 0.1) is 19.8 Å².